The second-order valence-electron chi connectivity index (χ2n) is 4.70. The predicted octanol–water partition coefficient (Wildman–Crippen LogP) is 3.09. The maximum absolute atomic E-state index is 12.9. The summed E-state index contributed by atoms with van der Waals surface area (Å²) in [4.78, 5) is 0. The number of nitrogens with zero attached hydrogens (tertiary/aromatic N) is 2. The Morgan fingerprint density at radius 1 is 1.26 bits per heavy atom. The van der Waals surface area contributed by atoms with E-state index in [9.17, 15) is 22.0 Å². The molecule has 1 N–H and O–H groups in total. The molecule has 126 valence electrons. The molecule has 23 heavy (non-hydrogen) atoms. The third-order valence-corrected chi connectivity index (χ3v) is 2.96. The minimum absolute atomic E-state index is 0.0467. The number of alkyl halides is 5. The van der Waals surface area contributed by atoms with E-state index in [1.54, 1.807) is 6.07 Å². The topological polar surface area (TPSA) is 47.3 Å². The SMILES string of the molecule is OCCc1cn(Cc2cccc(OC(F)F)c2)nc1C(F)(F)F. The molecular weight excluding hydrogens is 323 g/mol. The van der Waals surface area contributed by atoms with E-state index in [-0.39, 0.29) is 24.3 Å². The van der Waals surface area contributed by atoms with E-state index in [0.29, 0.717) is 5.56 Å². The molecule has 1 heterocycles. The van der Waals surface area contributed by atoms with E-state index < -0.39 is 25.1 Å². The van der Waals surface area contributed by atoms with Gasteiger partial charge < -0.3 is 9.84 Å². The predicted molar refractivity (Wildman–Crippen MR) is 70.2 cm³/mol. The Hall–Kier alpha value is -2.16. The van der Waals surface area contributed by atoms with Crippen molar-refractivity contribution in [2.24, 2.45) is 0 Å². The number of halogens is 5. The molecule has 0 amide bonds. The van der Waals surface area contributed by atoms with E-state index in [2.05, 4.69) is 9.84 Å². The number of hydrogen-bond donors (Lipinski definition) is 1. The van der Waals surface area contributed by atoms with Gasteiger partial charge in [-0.15, -0.1) is 0 Å². The Balaban J connectivity index is 2.23. The first-order valence-electron chi connectivity index (χ1n) is 6.57. The minimum atomic E-state index is -4.63. The molecule has 0 aliphatic heterocycles. The summed E-state index contributed by atoms with van der Waals surface area (Å²) < 4.78 is 68.2. The van der Waals surface area contributed by atoms with Gasteiger partial charge in [0.05, 0.1) is 6.54 Å². The molecule has 0 bridgehead atoms. The Morgan fingerprint density at radius 3 is 2.61 bits per heavy atom. The highest BCUT2D eigenvalue weighted by Gasteiger charge is 2.36. The Bertz CT molecular complexity index is 655. The van der Waals surface area contributed by atoms with Crippen molar-refractivity contribution in [1.29, 1.82) is 0 Å². The molecular formula is C14H13F5N2O2. The van der Waals surface area contributed by atoms with Crippen molar-refractivity contribution in [1.82, 2.24) is 9.78 Å². The fourth-order valence-corrected chi connectivity index (χ4v) is 2.09. The van der Waals surface area contributed by atoms with Crippen molar-refractivity contribution in [3.63, 3.8) is 0 Å². The molecule has 0 saturated carbocycles. The summed E-state index contributed by atoms with van der Waals surface area (Å²) in [5, 5.41) is 12.3. The largest absolute Gasteiger partial charge is 0.435 e. The lowest BCUT2D eigenvalue weighted by atomic mass is 10.2. The second-order valence-corrected chi connectivity index (χ2v) is 4.70. The van der Waals surface area contributed by atoms with Gasteiger partial charge in [-0.3, -0.25) is 4.68 Å². The van der Waals surface area contributed by atoms with Gasteiger partial charge in [0.15, 0.2) is 5.69 Å². The molecule has 0 saturated heterocycles. The summed E-state index contributed by atoms with van der Waals surface area (Å²) in [5.41, 5.74) is -0.735. The summed E-state index contributed by atoms with van der Waals surface area (Å²) in [6, 6.07) is 5.62. The molecule has 0 spiro atoms. The first kappa shape index (κ1) is 17.2. The smallest absolute Gasteiger partial charge is 0.435 e. The average Bonchev–Trinajstić information content (AvgIpc) is 2.81. The van der Waals surface area contributed by atoms with Crippen molar-refractivity contribution in [3.8, 4) is 5.75 Å². The minimum Gasteiger partial charge on any atom is -0.435 e. The highest BCUT2D eigenvalue weighted by Crippen LogP contribution is 2.31. The Kier molecular flexibility index (Phi) is 5.19. The van der Waals surface area contributed by atoms with E-state index >= 15 is 0 Å². The molecule has 1 aromatic carbocycles. The van der Waals surface area contributed by atoms with Crippen LogP contribution in [-0.2, 0) is 19.1 Å². The van der Waals surface area contributed by atoms with Crippen LogP contribution in [0, 0.1) is 0 Å². The fraction of sp³-hybridized carbons (Fsp3) is 0.357. The monoisotopic (exact) mass is 336 g/mol. The summed E-state index contributed by atoms with van der Waals surface area (Å²) in [6.45, 7) is -3.47. The highest BCUT2D eigenvalue weighted by molar-refractivity contribution is 5.29. The molecule has 0 unspecified atom stereocenters. The lowest BCUT2D eigenvalue weighted by molar-refractivity contribution is -0.142. The van der Waals surface area contributed by atoms with Crippen LogP contribution >= 0.6 is 0 Å². The van der Waals surface area contributed by atoms with Gasteiger partial charge in [0, 0.05) is 18.4 Å². The standard InChI is InChI=1S/C14H13F5N2O2/c15-13(16)23-11-3-1-2-9(6-11)7-21-8-10(4-5-22)12(20-21)14(17,18)19/h1-3,6,8,13,22H,4-5,7H2. The fourth-order valence-electron chi connectivity index (χ4n) is 2.09. The van der Waals surface area contributed by atoms with Crippen molar-refractivity contribution >= 4 is 0 Å². The van der Waals surface area contributed by atoms with E-state index in [1.165, 1.54) is 24.4 Å². The van der Waals surface area contributed by atoms with Crippen LogP contribution in [-0.4, -0.2) is 28.1 Å². The zero-order valence-electron chi connectivity index (χ0n) is 11.7. The van der Waals surface area contributed by atoms with Gasteiger partial charge in [-0.05, 0) is 24.1 Å². The quantitative estimate of drug-likeness (QED) is 0.825. The van der Waals surface area contributed by atoms with Crippen molar-refractivity contribution in [2.45, 2.75) is 25.8 Å². The van der Waals surface area contributed by atoms with E-state index in [1.807, 2.05) is 0 Å². The third kappa shape index (κ3) is 4.65. The van der Waals surface area contributed by atoms with Gasteiger partial charge in [0.25, 0.3) is 0 Å². The normalized spacial score (nSPS) is 12.0. The highest BCUT2D eigenvalue weighted by atomic mass is 19.4. The molecule has 0 atom stereocenters. The van der Waals surface area contributed by atoms with E-state index in [0.717, 1.165) is 4.68 Å². The third-order valence-electron chi connectivity index (χ3n) is 2.96. The number of aliphatic hydroxyl groups is 1. The number of hydrogen-bond acceptors (Lipinski definition) is 3. The molecule has 9 heteroatoms. The van der Waals surface area contributed by atoms with E-state index in [4.69, 9.17) is 5.11 Å². The Labute approximate surface area is 128 Å². The number of benzene rings is 1. The maximum Gasteiger partial charge on any atom is 0.435 e. The summed E-state index contributed by atoms with van der Waals surface area (Å²) >= 11 is 0. The molecule has 2 rings (SSSR count). The van der Waals surface area contributed by atoms with Crippen LogP contribution in [0.25, 0.3) is 0 Å². The summed E-state index contributed by atoms with van der Waals surface area (Å²) in [7, 11) is 0. The number of aromatic nitrogens is 2. The zero-order valence-corrected chi connectivity index (χ0v) is 11.7. The molecule has 1 aromatic heterocycles. The van der Waals surface area contributed by atoms with Gasteiger partial charge in [0.1, 0.15) is 5.75 Å². The molecule has 0 fully saturated rings. The van der Waals surface area contributed by atoms with Gasteiger partial charge in [-0.2, -0.15) is 27.1 Å². The molecule has 0 aliphatic carbocycles. The summed E-state index contributed by atoms with van der Waals surface area (Å²) in [6.07, 6.45) is -3.63. The average molecular weight is 336 g/mol. The number of rotatable bonds is 6. The lowest BCUT2D eigenvalue weighted by Gasteiger charge is -2.07. The van der Waals surface area contributed by atoms with Crippen LogP contribution in [0.15, 0.2) is 30.5 Å². The van der Waals surface area contributed by atoms with Crippen LogP contribution in [0.2, 0.25) is 0 Å². The molecule has 4 nitrogen and oxygen atoms in total. The van der Waals surface area contributed by atoms with Gasteiger partial charge in [-0.25, -0.2) is 0 Å². The van der Waals surface area contributed by atoms with Crippen molar-refractivity contribution < 1.29 is 31.8 Å². The van der Waals surface area contributed by atoms with Gasteiger partial charge in [-0.1, -0.05) is 12.1 Å². The second kappa shape index (κ2) is 6.95. The van der Waals surface area contributed by atoms with Crippen LogP contribution in [0.3, 0.4) is 0 Å². The summed E-state index contributed by atoms with van der Waals surface area (Å²) in [5.74, 6) is -0.0868. The molecule has 0 radical (unpaired) electrons. The first-order chi connectivity index (χ1) is 10.8. The zero-order chi connectivity index (χ0) is 17.0. The number of aliphatic hydroxyl groups excluding tert-OH is 1. The van der Waals surface area contributed by atoms with Gasteiger partial charge >= 0.3 is 12.8 Å². The Morgan fingerprint density at radius 2 is 2.00 bits per heavy atom. The van der Waals surface area contributed by atoms with Crippen LogP contribution in [0.4, 0.5) is 22.0 Å². The van der Waals surface area contributed by atoms with Crippen LogP contribution in [0.5, 0.6) is 5.75 Å². The van der Waals surface area contributed by atoms with Gasteiger partial charge in [0.2, 0.25) is 0 Å². The van der Waals surface area contributed by atoms with Crippen LogP contribution in [0.1, 0.15) is 16.8 Å². The lowest BCUT2D eigenvalue weighted by Crippen LogP contribution is -2.11. The van der Waals surface area contributed by atoms with Crippen molar-refractivity contribution in [3.05, 3.63) is 47.3 Å². The van der Waals surface area contributed by atoms with Crippen LogP contribution < -0.4 is 4.74 Å². The van der Waals surface area contributed by atoms with Crippen molar-refractivity contribution in [2.75, 3.05) is 6.61 Å². The molecule has 0 aliphatic rings. The maximum atomic E-state index is 12.9. The number of ether oxygens (including phenoxy) is 1. The first-order valence-corrected chi connectivity index (χ1v) is 6.57. The molecule has 2 aromatic rings.